The quantitative estimate of drug-likeness (QED) is 0.558. The fourth-order valence-corrected chi connectivity index (χ4v) is 1.99. The van der Waals surface area contributed by atoms with Crippen molar-refractivity contribution >= 4 is 0 Å². The molecule has 0 radical (unpaired) electrons. The predicted octanol–water partition coefficient (Wildman–Crippen LogP) is 1.39. The second kappa shape index (κ2) is 1.98. The Hall–Kier alpha value is -0.0400. The zero-order valence-corrected chi connectivity index (χ0v) is 6.06. The van der Waals surface area contributed by atoms with E-state index in [2.05, 4.69) is 12.2 Å². The first-order valence-electron chi connectivity index (χ1n) is 4.11. The molecular formula is C8H15N. The number of rotatable bonds is 1. The van der Waals surface area contributed by atoms with E-state index in [0.717, 1.165) is 17.9 Å². The molecule has 0 spiro atoms. The Kier molecular flexibility index (Phi) is 1.26. The maximum atomic E-state index is 3.55. The van der Waals surface area contributed by atoms with Crippen molar-refractivity contribution in [2.45, 2.75) is 32.2 Å². The number of nitrogens with one attached hydrogen (secondary N) is 1. The van der Waals surface area contributed by atoms with Crippen molar-refractivity contribution in [3.8, 4) is 0 Å². The molecule has 2 aliphatic rings. The normalized spacial score (nSPS) is 49.7. The Morgan fingerprint density at radius 2 is 2.22 bits per heavy atom. The van der Waals surface area contributed by atoms with Gasteiger partial charge in [-0.1, -0.05) is 6.92 Å². The molecule has 1 saturated heterocycles. The average molecular weight is 125 g/mol. The molecular weight excluding hydrogens is 110 g/mol. The van der Waals surface area contributed by atoms with Crippen LogP contribution >= 0.6 is 0 Å². The van der Waals surface area contributed by atoms with Gasteiger partial charge in [0.2, 0.25) is 0 Å². The summed E-state index contributed by atoms with van der Waals surface area (Å²) in [7, 11) is 0. The summed E-state index contributed by atoms with van der Waals surface area (Å²) in [6, 6.07) is 0.903. The molecule has 1 nitrogen and oxygen atoms in total. The van der Waals surface area contributed by atoms with Gasteiger partial charge in [-0.05, 0) is 37.6 Å². The summed E-state index contributed by atoms with van der Waals surface area (Å²) >= 11 is 0. The maximum absolute atomic E-state index is 3.55. The molecule has 0 amide bonds. The second-order valence-corrected chi connectivity index (χ2v) is 3.58. The van der Waals surface area contributed by atoms with Crippen molar-refractivity contribution in [3.05, 3.63) is 0 Å². The van der Waals surface area contributed by atoms with Crippen LogP contribution in [0.3, 0.4) is 0 Å². The van der Waals surface area contributed by atoms with E-state index in [0.29, 0.717) is 0 Å². The second-order valence-electron chi connectivity index (χ2n) is 3.58. The van der Waals surface area contributed by atoms with Gasteiger partial charge in [-0.3, -0.25) is 0 Å². The Labute approximate surface area is 56.8 Å². The minimum absolute atomic E-state index is 0.903. The van der Waals surface area contributed by atoms with Gasteiger partial charge >= 0.3 is 0 Å². The smallest absolute Gasteiger partial charge is 0.00984 e. The zero-order valence-electron chi connectivity index (χ0n) is 6.06. The van der Waals surface area contributed by atoms with E-state index in [1.54, 1.807) is 0 Å². The Morgan fingerprint density at radius 3 is 2.67 bits per heavy atom. The van der Waals surface area contributed by atoms with Gasteiger partial charge in [0.25, 0.3) is 0 Å². The van der Waals surface area contributed by atoms with Gasteiger partial charge in [0.15, 0.2) is 0 Å². The van der Waals surface area contributed by atoms with Crippen molar-refractivity contribution in [1.82, 2.24) is 5.32 Å². The summed E-state index contributed by atoms with van der Waals surface area (Å²) in [4.78, 5) is 0. The van der Waals surface area contributed by atoms with Gasteiger partial charge in [0, 0.05) is 6.04 Å². The van der Waals surface area contributed by atoms with E-state index < -0.39 is 0 Å². The molecule has 0 bridgehead atoms. The molecule has 1 aliphatic heterocycles. The largest absolute Gasteiger partial charge is 0.314 e. The Morgan fingerprint density at radius 1 is 1.44 bits per heavy atom. The first-order valence-corrected chi connectivity index (χ1v) is 4.11. The monoisotopic (exact) mass is 125 g/mol. The van der Waals surface area contributed by atoms with Crippen LogP contribution < -0.4 is 5.32 Å². The van der Waals surface area contributed by atoms with Crippen molar-refractivity contribution in [2.24, 2.45) is 11.8 Å². The summed E-state index contributed by atoms with van der Waals surface area (Å²) in [5, 5.41) is 3.55. The third-order valence-corrected chi connectivity index (χ3v) is 2.79. The molecule has 2 rings (SSSR count). The fraction of sp³-hybridized carbons (Fsp3) is 1.00. The molecule has 1 heterocycles. The fourth-order valence-electron chi connectivity index (χ4n) is 1.99. The van der Waals surface area contributed by atoms with E-state index >= 15 is 0 Å². The standard InChI is InChI=1S/C8H15N/c1-6-5-7(6)8-3-2-4-9-8/h6-9H,2-5H2,1H3. The lowest BCUT2D eigenvalue weighted by Crippen LogP contribution is -2.23. The molecule has 3 unspecified atom stereocenters. The van der Waals surface area contributed by atoms with Crippen LogP contribution in [0.25, 0.3) is 0 Å². The van der Waals surface area contributed by atoms with Crippen molar-refractivity contribution in [3.63, 3.8) is 0 Å². The molecule has 52 valence electrons. The predicted molar refractivity (Wildman–Crippen MR) is 38.3 cm³/mol. The Balaban J connectivity index is 1.85. The van der Waals surface area contributed by atoms with Gasteiger partial charge in [-0.25, -0.2) is 0 Å². The van der Waals surface area contributed by atoms with Crippen molar-refractivity contribution < 1.29 is 0 Å². The molecule has 1 N–H and O–H groups in total. The lowest BCUT2D eigenvalue weighted by molar-refractivity contribution is 0.514. The molecule has 0 aromatic carbocycles. The van der Waals surface area contributed by atoms with Crippen LogP contribution in [0, 0.1) is 11.8 Å². The minimum atomic E-state index is 0.903. The van der Waals surface area contributed by atoms with Crippen LogP contribution in [0.4, 0.5) is 0 Å². The summed E-state index contributed by atoms with van der Waals surface area (Å²) in [6.45, 7) is 3.64. The lowest BCUT2D eigenvalue weighted by atomic mass is 10.1. The van der Waals surface area contributed by atoms with Gasteiger partial charge in [-0.2, -0.15) is 0 Å². The summed E-state index contributed by atoms with van der Waals surface area (Å²) < 4.78 is 0. The van der Waals surface area contributed by atoms with E-state index in [-0.39, 0.29) is 0 Å². The van der Waals surface area contributed by atoms with Crippen LogP contribution in [-0.4, -0.2) is 12.6 Å². The lowest BCUT2D eigenvalue weighted by Gasteiger charge is -2.06. The van der Waals surface area contributed by atoms with Gasteiger partial charge in [0.1, 0.15) is 0 Å². The molecule has 1 heteroatoms. The third kappa shape index (κ3) is 0.983. The van der Waals surface area contributed by atoms with Gasteiger partial charge in [-0.15, -0.1) is 0 Å². The van der Waals surface area contributed by atoms with E-state index in [4.69, 9.17) is 0 Å². The first kappa shape index (κ1) is 5.72. The Bertz CT molecular complexity index is 105. The molecule has 0 aromatic rings. The molecule has 2 fully saturated rings. The van der Waals surface area contributed by atoms with Crippen LogP contribution in [0.2, 0.25) is 0 Å². The average Bonchev–Trinajstić information content (AvgIpc) is 2.44. The highest BCUT2D eigenvalue weighted by Crippen LogP contribution is 2.42. The van der Waals surface area contributed by atoms with Gasteiger partial charge < -0.3 is 5.32 Å². The topological polar surface area (TPSA) is 12.0 Å². The molecule has 1 saturated carbocycles. The molecule has 3 atom stereocenters. The van der Waals surface area contributed by atoms with Gasteiger partial charge in [0.05, 0.1) is 0 Å². The molecule has 0 aromatic heterocycles. The minimum Gasteiger partial charge on any atom is -0.314 e. The zero-order chi connectivity index (χ0) is 6.27. The van der Waals surface area contributed by atoms with Crippen LogP contribution in [-0.2, 0) is 0 Å². The van der Waals surface area contributed by atoms with E-state index in [1.807, 2.05) is 0 Å². The first-order chi connectivity index (χ1) is 4.38. The highest BCUT2D eigenvalue weighted by molar-refractivity contribution is 4.94. The van der Waals surface area contributed by atoms with Crippen molar-refractivity contribution in [2.75, 3.05) is 6.54 Å². The molecule has 9 heavy (non-hydrogen) atoms. The third-order valence-electron chi connectivity index (χ3n) is 2.79. The molecule has 1 aliphatic carbocycles. The van der Waals surface area contributed by atoms with E-state index in [1.165, 1.54) is 25.8 Å². The number of hydrogen-bond donors (Lipinski definition) is 1. The summed E-state index contributed by atoms with van der Waals surface area (Å²) in [5.41, 5.74) is 0. The summed E-state index contributed by atoms with van der Waals surface area (Å²) in [5.74, 6) is 2.08. The van der Waals surface area contributed by atoms with E-state index in [9.17, 15) is 0 Å². The highest BCUT2D eigenvalue weighted by atomic mass is 15.0. The van der Waals surface area contributed by atoms with Crippen LogP contribution in [0.1, 0.15) is 26.2 Å². The van der Waals surface area contributed by atoms with Crippen LogP contribution in [0.15, 0.2) is 0 Å². The number of hydrogen-bond acceptors (Lipinski definition) is 1. The summed E-state index contributed by atoms with van der Waals surface area (Å²) in [6.07, 6.45) is 4.33. The SMILES string of the molecule is CC1CC1C1CCCN1. The highest BCUT2D eigenvalue weighted by Gasteiger charge is 2.39. The van der Waals surface area contributed by atoms with Crippen LogP contribution in [0.5, 0.6) is 0 Å². The van der Waals surface area contributed by atoms with Crippen molar-refractivity contribution in [1.29, 1.82) is 0 Å². The maximum Gasteiger partial charge on any atom is 0.00984 e.